The zero-order valence-electron chi connectivity index (χ0n) is 19.4. The third-order valence-electron chi connectivity index (χ3n) is 6.71. The number of aryl methyl sites for hydroxylation is 2. The Morgan fingerprint density at radius 3 is 2.33 bits per heavy atom. The van der Waals surface area contributed by atoms with E-state index in [1.54, 1.807) is 0 Å². The number of esters is 1. The van der Waals surface area contributed by atoms with Crippen LogP contribution in [0, 0.1) is 31.6 Å². The quantitative estimate of drug-likeness (QED) is 0.287. The fourth-order valence-corrected chi connectivity index (χ4v) is 4.78. The van der Waals surface area contributed by atoms with E-state index in [1.807, 2.05) is 52.0 Å². The van der Waals surface area contributed by atoms with Gasteiger partial charge in [0.2, 0.25) is 11.8 Å². The zero-order valence-corrected chi connectivity index (χ0v) is 19.4. The number of carbonyl (C=O) groups excluding carboxylic acids is 3. The summed E-state index contributed by atoms with van der Waals surface area (Å²) >= 11 is 0. The van der Waals surface area contributed by atoms with Crippen molar-refractivity contribution in [3.05, 3.63) is 57.5 Å². The Labute approximate surface area is 192 Å². The van der Waals surface area contributed by atoms with E-state index in [4.69, 9.17) is 9.15 Å². The second-order valence-electron chi connectivity index (χ2n) is 9.43. The summed E-state index contributed by atoms with van der Waals surface area (Å²) in [5.74, 6) is -1.97. The van der Waals surface area contributed by atoms with Crippen LogP contribution in [-0.2, 0) is 25.7 Å². The van der Waals surface area contributed by atoms with E-state index >= 15 is 0 Å². The molecule has 33 heavy (non-hydrogen) atoms. The fraction of sp³-hybridized carbons (Fsp3) is 0.462. The smallest absolute Gasteiger partial charge is 0.336 e. The summed E-state index contributed by atoms with van der Waals surface area (Å²) in [6.07, 6.45) is 5.18. The fourth-order valence-electron chi connectivity index (χ4n) is 4.78. The van der Waals surface area contributed by atoms with Crippen molar-refractivity contribution in [1.29, 1.82) is 0 Å². The van der Waals surface area contributed by atoms with Crippen molar-refractivity contribution in [2.75, 3.05) is 0 Å². The molecule has 2 aromatic rings. The molecule has 0 spiro atoms. The van der Waals surface area contributed by atoms with Crippen molar-refractivity contribution in [3.8, 4) is 0 Å². The highest BCUT2D eigenvalue weighted by molar-refractivity contribution is 6.08. The summed E-state index contributed by atoms with van der Waals surface area (Å²) < 4.78 is 11.0. The predicted octanol–water partition coefficient (Wildman–Crippen LogP) is 3.82. The van der Waals surface area contributed by atoms with E-state index in [2.05, 4.69) is 0 Å². The number of imide groups is 1. The van der Waals surface area contributed by atoms with Crippen molar-refractivity contribution in [1.82, 2.24) is 4.90 Å². The molecule has 1 aliphatic carbocycles. The first-order chi connectivity index (χ1) is 15.7. The molecule has 1 fully saturated rings. The maximum atomic E-state index is 13.2. The lowest BCUT2D eigenvalue weighted by Gasteiger charge is -2.26. The molecule has 0 bridgehead atoms. The molecule has 2 amide bonds. The van der Waals surface area contributed by atoms with Gasteiger partial charge in [0.25, 0.3) is 0 Å². The van der Waals surface area contributed by atoms with Gasteiger partial charge in [0.15, 0.2) is 0 Å². The van der Waals surface area contributed by atoms with Crippen molar-refractivity contribution < 1.29 is 23.5 Å². The minimum absolute atomic E-state index is 0.0686. The van der Waals surface area contributed by atoms with Gasteiger partial charge in [0.1, 0.15) is 18.2 Å². The van der Waals surface area contributed by atoms with Gasteiger partial charge < -0.3 is 9.15 Å². The number of carbonyl (C=O) groups is 3. The van der Waals surface area contributed by atoms with Crippen LogP contribution in [0.25, 0.3) is 11.0 Å². The molecule has 2 aliphatic rings. The van der Waals surface area contributed by atoms with Gasteiger partial charge in [0, 0.05) is 17.0 Å². The molecule has 0 saturated carbocycles. The summed E-state index contributed by atoms with van der Waals surface area (Å²) in [6.45, 7) is 7.51. The van der Waals surface area contributed by atoms with Crippen LogP contribution in [0.5, 0.6) is 0 Å². The highest BCUT2D eigenvalue weighted by atomic mass is 16.5. The van der Waals surface area contributed by atoms with Crippen LogP contribution in [0.1, 0.15) is 49.8 Å². The normalized spacial score (nSPS) is 21.1. The van der Waals surface area contributed by atoms with Gasteiger partial charge in [-0.3, -0.25) is 14.5 Å². The van der Waals surface area contributed by atoms with Crippen LogP contribution >= 0.6 is 0 Å². The summed E-state index contributed by atoms with van der Waals surface area (Å²) in [7, 11) is 0. The largest absolute Gasteiger partial charge is 0.459 e. The summed E-state index contributed by atoms with van der Waals surface area (Å²) in [6, 6.07) is 4.09. The number of ether oxygens (including phenoxy) is 1. The van der Waals surface area contributed by atoms with E-state index in [9.17, 15) is 19.2 Å². The number of fused-ring (bicyclic) bond motifs is 2. The molecule has 0 N–H and O–H groups in total. The average Bonchev–Trinajstić information content (AvgIpc) is 3.03. The van der Waals surface area contributed by atoms with Crippen molar-refractivity contribution >= 4 is 28.8 Å². The maximum absolute atomic E-state index is 13.2. The van der Waals surface area contributed by atoms with Gasteiger partial charge in [-0.25, -0.2) is 9.59 Å². The Morgan fingerprint density at radius 2 is 1.73 bits per heavy atom. The molecule has 2 heterocycles. The Hall–Kier alpha value is -3.22. The molecule has 4 rings (SSSR count). The van der Waals surface area contributed by atoms with Crippen molar-refractivity contribution in [2.45, 2.75) is 59.6 Å². The Bertz CT molecular complexity index is 1180. The Kier molecular flexibility index (Phi) is 6.23. The molecule has 1 saturated heterocycles. The second-order valence-corrected chi connectivity index (χ2v) is 9.43. The van der Waals surface area contributed by atoms with Crippen molar-refractivity contribution in [2.24, 2.45) is 17.8 Å². The molecule has 7 heteroatoms. The Morgan fingerprint density at radius 1 is 1.09 bits per heavy atom. The standard InChI is InChI=1S/C26H29NO6/c1-14(2)11-21(27-24(29)19-7-5-6-8-20(19)25(27)30)26(31)32-13-17-12-22(28)33-23-16(4)15(3)9-10-18(17)23/h5-6,9-10,12,14,19-21H,7-8,11,13H2,1-4H3. The highest BCUT2D eigenvalue weighted by Crippen LogP contribution is 2.37. The first-order valence-corrected chi connectivity index (χ1v) is 11.4. The van der Waals surface area contributed by atoms with Crippen LogP contribution in [-0.4, -0.2) is 28.7 Å². The van der Waals surface area contributed by atoms with Gasteiger partial charge in [-0.05, 0) is 50.2 Å². The number of hydrogen-bond acceptors (Lipinski definition) is 6. The molecule has 174 valence electrons. The van der Waals surface area contributed by atoms with Crippen LogP contribution in [0.3, 0.4) is 0 Å². The third kappa shape index (κ3) is 4.24. The summed E-state index contributed by atoms with van der Waals surface area (Å²) in [5, 5.41) is 0.691. The van der Waals surface area contributed by atoms with Gasteiger partial charge in [-0.15, -0.1) is 0 Å². The van der Waals surface area contributed by atoms with E-state index in [1.165, 1.54) is 6.07 Å². The van der Waals surface area contributed by atoms with Gasteiger partial charge >= 0.3 is 11.6 Å². The summed E-state index contributed by atoms with van der Waals surface area (Å²) in [5.41, 5.74) is 2.30. The second kappa shape index (κ2) is 8.96. The molecule has 3 atom stereocenters. The molecule has 1 aromatic heterocycles. The molecule has 1 aliphatic heterocycles. The highest BCUT2D eigenvalue weighted by Gasteiger charge is 2.51. The molecule has 0 radical (unpaired) electrons. The number of nitrogens with zero attached hydrogens (tertiary/aromatic N) is 1. The van der Waals surface area contributed by atoms with E-state index < -0.39 is 29.5 Å². The van der Waals surface area contributed by atoms with Crippen LogP contribution in [0.2, 0.25) is 0 Å². The molecular weight excluding hydrogens is 422 g/mol. The molecule has 7 nitrogen and oxygen atoms in total. The van der Waals surface area contributed by atoms with Crippen LogP contribution < -0.4 is 5.63 Å². The maximum Gasteiger partial charge on any atom is 0.336 e. The minimum atomic E-state index is -0.981. The van der Waals surface area contributed by atoms with E-state index in [-0.39, 0.29) is 24.3 Å². The number of allylic oxidation sites excluding steroid dienone is 2. The Balaban J connectivity index is 1.59. The van der Waals surface area contributed by atoms with Gasteiger partial charge in [0.05, 0.1) is 11.8 Å². The van der Waals surface area contributed by atoms with E-state index in [0.717, 1.165) is 16.0 Å². The van der Waals surface area contributed by atoms with Crippen molar-refractivity contribution in [3.63, 3.8) is 0 Å². The number of amides is 2. The lowest BCUT2D eigenvalue weighted by atomic mass is 9.85. The lowest BCUT2D eigenvalue weighted by Crippen LogP contribution is -2.47. The van der Waals surface area contributed by atoms with Crippen LogP contribution in [0.15, 0.2) is 39.6 Å². The lowest BCUT2D eigenvalue weighted by molar-refractivity contribution is -0.160. The number of rotatable bonds is 6. The average molecular weight is 452 g/mol. The number of hydrogen-bond donors (Lipinski definition) is 0. The molecular formula is C26H29NO6. The predicted molar refractivity (Wildman–Crippen MR) is 122 cm³/mol. The minimum Gasteiger partial charge on any atom is -0.459 e. The first-order valence-electron chi connectivity index (χ1n) is 11.4. The zero-order chi connectivity index (χ0) is 23.9. The first kappa shape index (κ1) is 23.0. The monoisotopic (exact) mass is 451 g/mol. The van der Waals surface area contributed by atoms with Crippen LogP contribution in [0.4, 0.5) is 0 Å². The van der Waals surface area contributed by atoms with E-state index in [0.29, 0.717) is 35.8 Å². The molecule has 1 aromatic carbocycles. The third-order valence-corrected chi connectivity index (χ3v) is 6.71. The molecule has 3 unspecified atom stereocenters. The number of benzene rings is 1. The summed E-state index contributed by atoms with van der Waals surface area (Å²) in [4.78, 5) is 52.5. The number of likely N-dealkylation sites (tertiary alicyclic amines) is 1. The van der Waals surface area contributed by atoms with Gasteiger partial charge in [-0.2, -0.15) is 0 Å². The topological polar surface area (TPSA) is 93.9 Å². The SMILES string of the molecule is Cc1ccc2c(COC(=O)C(CC(C)C)N3C(=O)C4CC=CCC4C3=O)cc(=O)oc2c1C. The van der Waals surface area contributed by atoms with Gasteiger partial charge in [-0.1, -0.05) is 38.1 Å².